The van der Waals surface area contributed by atoms with E-state index >= 15 is 0 Å². The maximum atomic E-state index is 12.7. The Labute approximate surface area is 146 Å². The van der Waals surface area contributed by atoms with Crippen molar-refractivity contribution in [1.29, 1.82) is 0 Å². The van der Waals surface area contributed by atoms with E-state index in [1.165, 1.54) is 5.56 Å². The third-order valence-electron chi connectivity index (χ3n) is 4.37. The number of fused-ring (bicyclic) bond motifs is 2. The van der Waals surface area contributed by atoms with E-state index in [2.05, 4.69) is 23.7 Å². The van der Waals surface area contributed by atoms with E-state index in [0.717, 1.165) is 17.0 Å². The summed E-state index contributed by atoms with van der Waals surface area (Å²) in [5.41, 5.74) is 3.75. The van der Waals surface area contributed by atoms with Gasteiger partial charge in [0.05, 0.1) is 30.7 Å². The molecular weight excluding hydrogens is 312 g/mol. The number of hydrogen-bond donors (Lipinski definition) is 0. The molecule has 1 aromatic heterocycles. The molecule has 1 aliphatic heterocycles. The van der Waals surface area contributed by atoms with Gasteiger partial charge in [0.15, 0.2) is 0 Å². The molecule has 0 fully saturated rings. The van der Waals surface area contributed by atoms with Crippen LogP contribution in [-0.4, -0.2) is 22.8 Å². The van der Waals surface area contributed by atoms with Crippen LogP contribution in [0.1, 0.15) is 22.5 Å². The molecule has 1 aliphatic rings. The normalized spacial score (nSPS) is 13.6. The zero-order valence-corrected chi connectivity index (χ0v) is 14.1. The van der Waals surface area contributed by atoms with Crippen molar-refractivity contribution in [2.45, 2.75) is 19.9 Å². The Morgan fingerprint density at radius 1 is 1.04 bits per heavy atom. The van der Waals surface area contributed by atoms with Crippen LogP contribution < -0.4 is 5.56 Å². The number of aryl methyl sites for hydroxylation is 1. The summed E-state index contributed by atoms with van der Waals surface area (Å²) in [6.07, 6.45) is 0.657. The van der Waals surface area contributed by atoms with Crippen molar-refractivity contribution in [3.63, 3.8) is 0 Å². The summed E-state index contributed by atoms with van der Waals surface area (Å²) < 4.78 is 7.19. The number of rotatable bonds is 0. The summed E-state index contributed by atoms with van der Waals surface area (Å²) in [5, 5.41) is 0.631. The lowest BCUT2D eigenvalue weighted by atomic mass is 10.1. The van der Waals surface area contributed by atoms with Crippen LogP contribution in [0, 0.1) is 18.8 Å². The first-order valence-electron chi connectivity index (χ1n) is 8.41. The average Bonchev–Trinajstić information content (AvgIpc) is 2.87. The second kappa shape index (κ2) is 6.54. The fraction of sp³-hybridized carbons (Fsp3) is 0.238. The van der Waals surface area contributed by atoms with Crippen molar-refractivity contribution >= 4 is 10.9 Å². The molecule has 4 nitrogen and oxygen atoms in total. The Hall–Kier alpha value is -2.90. The molecule has 0 unspecified atom stereocenters. The molecule has 0 saturated carbocycles. The predicted octanol–water partition coefficient (Wildman–Crippen LogP) is 2.68. The minimum absolute atomic E-state index is 0.00328. The van der Waals surface area contributed by atoms with Gasteiger partial charge in [-0.1, -0.05) is 29.5 Å². The van der Waals surface area contributed by atoms with Crippen molar-refractivity contribution in [2.75, 3.05) is 13.2 Å². The van der Waals surface area contributed by atoms with E-state index in [9.17, 15) is 4.79 Å². The van der Waals surface area contributed by atoms with Gasteiger partial charge in [-0.2, -0.15) is 0 Å². The molecule has 3 aromatic rings. The van der Waals surface area contributed by atoms with Gasteiger partial charge in [-0.25, -0.2) is 4.98 Å². The average molecular weight is 330 g/mol. The zero-order chi connectivity index (χ0) is 17.2. The molecule has 4 rings (SSSR count). The molecule has 0 spiro atoms. The van der Waals surface area contributed by atoms with E-state index in [1.807, 2.05) is 42.5 Å². The van der Waals surface area contributed by atoms with Crippen molar-refractivity contribution in [1.82, 2.24) is 9.55 Å². The highest BCUT2D eigenvalue weighted by Crippen LogP contribution is 2.13. The van der Waals surface area contributed by atoms with Gasteiger partial charge in [0.1, 0.15) is 5.82 Å². The Balaban J connectivity index is 1.76. The summed E-state index contributed by atoms with van der Waals surface area (Å²) in [4.78, 5) is 17.4. The van der Waals surface area contributed by atoms with E-state index in [-0.39, 0.29) is 5.56 Å². The van der Waals surface area contributed by atoms with Crippen LogP contribution in [0.4, 0.5) is 0 Å². The largest absolute Gasteiger partial charge is 0.379 e. The van der Waals surface area contributed by atoms with Gasteiger partial charge in [0.25, 0.3) is 5.56 Å². The minimum Gasteiger partial charge on any atom is -0.379 e. The van der Waals surface area contributed by atoms with Crippen LogP contribution in [0.25, 0.3) is 10.9 Å². The van der Waals surface area contributed by atoms with Gasteiger partial charge in [0, 0.05) is 17.5 Å². The van der Waals surface area contributed by atoms with Crippen molar-refractivity contribution in [3.8, 4) is 11.8 Å². The van der Waals surface area contributed by atoms with E-state index < -0.39 is 0 Å². The maximum Gasteiger partial charge on any atom is 0.261 e. The molecule has 124 valence electrons. The quantitative estimate of drug-likeness (QED) is 0.595. The van der Waals surface area contributed by atoms with Crippen molar-refractivity contribution in [2.24, 2.45) is 0 Å². The van der Waals surface area contributed by atoms with Gasteiger partial charge in [-0.15, -0.1) is 0 Å². The zero-order valence-electron chi connectivity index (χ0n) is 14.1. The van der Waals surface area contributed by atoms with Gasteiger partial charge in [-0.3, -0.25) is 9.36 Å². The molecular formula is C21H18N2O2. The first kappa shape index (κ1) is 15.6. The number of nitrogens with zero attached hydrogens (tertiary/aromatic N) is 2. The van der Waals surface area contributed by atoms with Crippen LogP contribution >= 0.6 is 0 Å². The Kier molecular flexibility index (Phi) is 4.09. The first-order valence-corrected chi connectivity index (χ1v) is 8.41. The molecule has 2 aromatic carbocycles. The summed E-state index contributed by atoms with van der Waals surface area (Å²) >= 11 is 0. The molecule has 0 radical (unpaired) electrons. The summed E-state index contributed by atoms with van der Waals surface area (Å²) in [6, 6.07) is 13.7. The second-order valence-electron chi connectivity index (χ2n) is 6.20. The maximum absolute atomic E-state index is 12.7. The topological polar surface area (TPSA) is 44.1 Å². The highest BCUT2D eigenvalue weighted by molar-refractivity contribution is 5.79. The third kappa shape index (κ3) is 3.19. The Morgan fingerprint density at radius 3 is 2.64 bits per heavy atom. The molecule has 0 atom stereocenters. The van der Waals surface area contributed by atoms with E-state index in [1.54, 1.807) is 4.57 Å². The third-order valence-corrected chi connectivity index (χ3v) is 4.37. The van der Waals surface area contributed by atoms with E-state index in [0.29, 0.717) is 37.1 Å². The molecule has 0 amide bonds. The van der Waals surface area contributed by atoms with Gasteiger partial charge >= 0.3 is 0 Å². The summed E-state index contributed by atoms with van der Waals surface area (Å²) in [6.45, 7) is 3.77. The lowest BCUT2D eigenvalue weighted by molar-refractivity contribution is 0.140. The SMILES string of the molecule is Cc1ccc(C#Cc2ccc3c(=O)n4c(nc3c2)CCOCC4)cc1. The first-order chi connectivity index (χ1) is 12.2. The van der Waals surface area contributed by atoms with Crippen LogP contribution in [0.2, 0.25) is 0 Å². The molecule has 0 aliphatic carbocycles. The Morgan fingerprint density at radius 2 is 1.80 bits per heavy atom. The van der Waals surface area contributed by atoms with Gasteiger partial charge in [-0.05, 0) is 37.3 Å². The molecule has 25 heavy (non-hydrogen) atoms. The van der Waals surface area contributed by atoms with Gasteiger partial charge in [0.2, 0.25) is 0 Å². The fourth-order valence-corrected chi connectivity index (χ4v) is 2.97. The summed E-state index contributed by atoms with van der Waals surface area (Å²) in [5.74, 6) is 7.11. The lowest BCUT2D eigenvalue weighted by Gasteiger charge is -2.09. The Bertz CT molecular complexity index is 1050. The lowest BCUT2D eigenvalue weighted by Crippen LogP contribution is -2.25. The molecule has 4 heteroatoms. The fourth-order valence-electron chi connectivity index (χ4n) is 2.97. The van der Waals surface area contributed by atoms with Gasteiger partial charge < -0.3 is 4.74 Å². The monoisotopic (exact) mass is 330 g/mol. The van der Waals surface area contributed by atoms with Crippen LogP contribution in [0.3, 0.4) is 0 Å². The second-order valence-corrected chi connectivity index (χ2v) is 6.20. The molecule has 0 saturated heterocycles. The number of aromatic nitrogens is 2. The van der Waals surface area contributed by atoms with Crippen LogP contribution in [0.5, 0.6) is 0 Å². The standard InChI is InChI=1S/C21H18N2O2/c1-15-2-4-16(5-3-15)6-7-17-8-9-18-19(14-17)22-20-10-12-25-13-11-23(20)21(18)24/h2-5,8-9,14H,10-13H2,1H3. The number of hydrogen-bond acceptors (Lipinski definition) is 3. The van der Waals surface area contributed by atoms with Crippen LogP contribution in [-0.2, 0) is 17.7 Å². The highest BCUT2D eigenvalue weighted by Gasteiger charge is 2.13. The number of benzene rings is 2. The minimum atomic E-state index is 0.00328. The smallest absolute Gasteiger partial charge is 0.261 e. The predicted molar refractivity (Wildman–Crippen MR) is 97.7 cm³/mol. The molecule has 2 heterocycles. The van der Waals surface area contributed by atoms with Crippen molar-refractivity contribution < 1.29 is 4.74 Å². The highest BCUT2D eigenvalue weighted by atomic mass is 16.5. The van der Waals surface area contributed by atoms with Crippen LogP contribution in [0.15, 0.2) is 47.3 Å². The van der Waals surface area contributed by atoms with E-state index in [4.69, 9.17) is 4.74 Å². The molecule has 0 N–H and O–H groups in total. The number of ether oxygens (including phenoxy) is 1. The summed E-state index contributed by atoms with van der Waals surface area (Å²) in [7, 11) is 0. The van der Waals surface area contributed by atoms with Crippen molar-refractivity contribution in [3.05, 3.63) is 75.3 Å². The molecule has 0 bridgehead atoms.